The van der Waals surface area contributed by atoms with Gasteiger partial charge in [-0.3, -0.25) is 14.7 Å². The number of guanidine groups is 1. The van der Waals surface area contributed by atoms with Gasteiger partial charge in [0.1, 0.15) is 0 Å². The number of piperidine rings is 1. The summed E-state index contributed by atoms with van der Waals surface area (Å²) in [6, 6.07) is 0. The second-order valence-electron chi connectivity index (χ2n) is 7.46. The average molecular weight is 352 g/mol. The maximum Gasteiger partial charge on any atom is 0.239 e. The molecule has 0 unspecified atom stereocenters. The molecule has 1 saturated carbocycles. The molecule has 0 bridgehead atoms. The highest BCUT2D eigenvalue weighted by Gasteiger charge is 2.38. The van der Waals surface area contributed by atoms with Crippen LogP contribution in [0.5, 0.6) is 0 Å². The van der Waals surface area contributed by atoms with Crippen molar-refractivity contribution in [2.45, 2.75) is 70.3 Å². The molecule has 2 fully saturated rings. The standard InChI is InChI=1S/C19H37N5O/c1-3-12-21-17(25)15-22-18(20-2)23-16-19(10-6-4-7-11-19)24-13-8-5-9-14-24/h3-16H2,1-2H3,(H,21,25)(H2,20,22,23). The maximum atomic E-state index is 11.8. The zero-order valence-corrected chi connectivity index (χ0v) is 16.2. The molecule has 3 N–H and O–H groups in total. The Morgan fingerprint density at radius 2 is 1.68 bits per heavy atom. The third kappa shape index (κ3) is 6.17. The Balaban J connectivity index is 1.86. The monoisotopic (exact) mass is 351 g/mol. The SMILES string of the molecule is CCCNC(=O)CNC(=NC)NCC1(N2CCCCC2)CCCCC1. The van der Waals surface area contributed by atoms with Gasteiger partial charge in [-0.25, -0.2) is 0 Å². The first-order valence-corrected chi connectivity index (χ1v) is 10.2. The molecule has 2 rings (SSSR count). The van der Waals surface area contributed by atoms with Crippen LogP contribution in [0.15, 0.2) is 4.99 Å². The summed E-state index contributed by atoms with van der Waals surface area (Å²) in [5.41, 5.74) is 0.265. The van der Waals surface area contributed by atoms with Gasteiger partial charge < -0.3 is 16.0 Å². The van der Waals surface area contributed by atoms with Crippen LogP contribution in [0, 0.1) is 0 Å². The van der Waals surface area contributed by atoms with Gasteiger partial charge in [-0.05, 0) is 45.2 Å². The van der Waals surface area contributed by atoms with Crippen molar-refractivity contribution in [2.75, 3.05) is 39.8 Å². The Morgan fingerprint density at radius 3 is 2.32 bits per heavy atom. The van der Waals surface area contributed by atoms with Crippen LogP contribution >= 0.6 is 0 Å². The normalized spacial score (nSPS) is 21.6. The van der Waals surface area contributed by atoms with E-state index in [9.17, 15) is 4.79 Å². The van der Waals surface area contributed by atoms with E-state index in [4.69, 9.17) is 0 Å². The van der Waals surface area contributed by atoms with Crippen LogP contribution in [0.1, 0.15) is 64.7 Å². The van der Waals surface area contributed by atoms with E-state index >= 15 is 0 Å². The molecule has 6 nitrogen and oxygen atoms in total. The Kier molecular flexibility index (Phi) is 8.52. The number of likely N-dealkylation sites (tertiary alicyclic amines) is 1. The van der Waals surface area contributed by atoms with E-state index in [2.05, 4.69) is 32.8 Å². The number of carbonyl (C=O) groups excluding carboxylic acids is 1. The van der Waals surface area contributed by atoms with Gasteiger partial charge in [0.2, 0.25) is 5.91 Å². The van der Waals surface area contributed by atoms with Crippen molar-refractivity contribution in [1.29, 1.82) is 0 Å². The third-order valence-electron chi connectivity index (χ3n) is 5.61. The number of amides is 1. The highest BCUT2D eigenvalue weighted by molar-refractivity contribution is 5.86. The summed E-state index contributed by atoms with van der Waals surface area (Å²) in [6.07, 6.45) is 11.5. The lowest BCUT2D eigenvalue weighted by atomic mass is 9.79. The lowest BCUT2D eigenvalue weighted by Gasteiger charge is -2.48. The zero-order chi connectivity index (χ0) is 18.0. The number of hydrogen-bond acceptors (Lipinski definition) is 3. The summed E-state index contributed by atoms with van der Waals surface area (Å²) < 4.78 is 0. The van der Waals surface area contributed by atoms with Gasteiger partial charge in [0, 0.05) is 25.7 Å². The molecule has 0 radical (unpaired) electrons. The number of carbonyl (C=O) groups is 1. The first kappa shape index (κ1) is 20.0. The van der Waals surface area contributed by atoms with Crippen molar-refractivity contribution in [3.05, 3.63) is 0 Å². The first-order valence-electron chi connectivity index (χ1n) is 10.2. The van der Waals surface area contributed by atoms with Gasteiger partial charge in [0.05, 0.1) is 6.54 Å². The van der Waals surface area contributed by atoms with Crippen LogP contribution < -0.4 is 16.0 Å². The number of nitrogens with zero attached hydrogens (tertiary/aromatic N) is 2. The minimum absolute atomic E-state index is 0.0215. The third-order valence-corrected chi connectivity index (χ3v) is 5.61. The second-order valence-corrected chi connectivity index (χ2v) is 7.46. The lowest BCUT2D eigenvalue weighted by Crippen LogP contribution is -2.59. The van der Waals surface area contributed by atoms with E-state index in [0.29, 0.717) is 0 Å². The summed E-state index contributed by atoms with van der Waals surface area (Å²) in [6.45, 7) is 6.43. The Labute approximate surface area is 153 Å². The van der Waals surface area contributed by atoms with Gasteiger partial charge in [-0.15, -0.1) is 0 Å². The molecule has 1 heterocycles. The molecule has 6 heteroatoms. The first-order chi connectivity index (χ1) is 12.2. The fourth-order valence-electron chi connectivity index (χ4n) is 4.14. The molecule has 0 spiro atoms. The predicted molar refractivity (Wildman–Crippen MR) is 104 cm³/mol. The fraction of sp³-hybridized carbons (Fsp3) is 0.895. The molecule has 25 heavy (non-hydrogen) atoms. The van der Waals surface area contributed by atoms with E-state index in [1.807, 2.05) is 0 Å². The van der Waals surface area contributed by atoms with Crippen molar-refractivity contribution in [3.8, 4) is 0 Å². The van der Waals surface area contributed by atoms with E-state index in [1.54, 1.807) is 7.05 Å². The minimum Gasteiger partial charge on any atom is -0.355 e. The van der Waals surface area contributed by atoms with Crippen molar-refractivity contribution < 1.29 is 4.79 Å². The predicted octanol–water partition coefficient (Wildman–Crippen LogP) is 1.87. The van der Waals surface area contributed by atoms with Crippen molar-refractivity contribution in [3.63, 3.8) is 0 Å². The van der Waals surface area contributed by atoms with Crippen molar-refractivity contribution in [2.24, 2.45) is 4.99 Å². The largest absolute Gasteiger partial charge is 0.355 e. The van der Waals surface area contributed by atoms with Gasteiger partial charge in [-0.1, -0.05) is 32.6 Å². The summed E-state index contributed by atoms with van der Waals surface area (Å²) in [5, 5.41) is 9.54. The Bertz CT molecular complexity index is 426. The van der Waals surface area contributed by atoms with E-state index in [0.717, 1.165) is 25.5 Å². The molecule has 0 aromatic heterocycles. The van der Waals surface area contributed by atoms with E-state index < -0.39 is 0 Å². The van der Waals surface area contributed by atoms with Crippen LogP contribution in [0.3, 0.4) is 0 Å². The molecule has 1 aliphatic carbocycles. The van der Waals surface area contributed by atoms with Crippen LogP contribution in [0.4, 0.5) is 0 Å². The molecular formula is C19H37N5O. The van der Waals surface area contributed by atoms with Crippen LogP contribution in [-0.2, 0) is 4.79 Å². The Morgan fingerprint density at radius 1 is 1.00 bits per heavy atom. The molecule has 1 saturated heterocycles. The Hall–Kier alpha value is -1.30. The van der Waals surface area contributed by atoms with Crippen molar-refractivity contribution >= 4 is 11.9 Å². The molecule has 2 aliphatic rings. The quantitative estimate of drug-likeness (QED) is 0.484. The number of rotatable bonds is 7. The minimum atomic E-state index is 0.0215. The molecular weight excluding hydrogens is 314 g/mol. The summed E-state index contributed by atoms with van der Waals surface area (Å²) in [5.74, 6) is 0.752. The molecule has 0 aromatic carbocycles. The highest BCUT2D eigenvalue weighted by atomic mass is 16.1. The highest BCUT2D eigenvalue weighted by Crippen LogP contribution is 2.35. The second kappa shape index (κ2) is 10.6. The summed E-state index contributed by atoms with van der Waals surface area (Å²) in [4.78, 5) is 18.8. The van der Waals surface area contributed by atoms with E-state index in [-0.39, 0.29) is 18.0 Å². The topological polar surface area (TPSA) is 68.8 Å². The van der Waals surface area contributed by atoms with Gasteiger partial charge in [0.15, 0.2) is 5.96 Å². The van der Waals surface area contributed by atoms with E-state index in [1.165, 1.54) is 64.5 Å². The molecule has 144 valence electrons. The van der Waals surface area contributed by atoms with Gasteiger partial charge in [-0.2, -0.15) is 0 Å². The number of hydrogen-bond donors (Lipinski definition) is 3. The summed E-state index contributed by atoms with van der Waals surface area (Å²) >= 11 is 0. The maximum absolute atomic E-state index is 11.8. The number of nitrogens with one attached hydrogen (secondary N) is 3. The van der Waals surface area contributed by atoms with Gasteiger partial charge in [0.25, 0.3) is 0 Å². The van der Waals surface area contributed by atoms with Crippen LogP contribution in [0.25, 0.3) is 0 Å². The molecule has 0 aromatic rings. The fourth-order valence-corrected chi connectivity index (χ4v) is 4.14. The molecule has 1 amide bonds. The smallest absolute Gasteiger partial charge is 0.239 e. The number of aliphatic imine (C=N–C) groups is 1. The lowest BCUT2D eigenvalue weighted by molar-refractivity contribution is -0.120. The van der Waals surface area contributed by atoms with Crippen LogP contribution in [0.2, 0.25) is 0 Å². The van der Waals surface area contributed by atoms with Gasteiger partial charge >= 0.3 is 0 Å². The van der Waals surface area contributed by atoms with Crippen LogP contribution in [-0.4, -0.2) is 62.1 Å². The van der Waals surface area contributed by atoms with Crippen molar-refractivity contribution in [1.82, 2.24) is 20.9 Å². The molecule has 1 aliphatic heterocycles. The zero-order valence-electron chi connectivity index (χ0n) is 16.2. The average Bonchev–Trinajstić information content (AvgIpc) is 2.68. The molecule has 0 atom stereocenters. The summed E-state index contributed by atoms with van der Waals surface area (Å²) in [7, 11) is 1.77.